The standard InChI is InChI=1S/C10H10F2O3/c1-15-9(14)5-8(13)10-6(11)3-2-4-7(10)12/h2-4,8,13H,5H2,1H3/t8-/m0/s1. The summed E-state index contributed by atoms with van der Waals surface area (Å²) in [7, 11) is 1.13. The van der Waals surface area contributed by atoms with Crippen LogP contribution in [0.25, 0.3) is 0 Å². The fourth-order valence-corrected chi connectivity index (χ4v) is 1.17. The number of carbonyl (C=O) groups is 1. The minimum atomic E-state index is -1.53. The van der Waals surface area contributed by atoms with E-state index in [9.17, 15) is 18.7 Å². The summed E-state index contributed by atoms with van der Waals surface area (Å²) >= 11 is 0. The van der Waals surface area contributed by atoms with Crippen LogP contribution >= 0.6 is 0 Å². The molecule has 1 aromatic carbocycles. The van der Waals surface area contributed by atoms with Crippen molar-refractivity contribution in [3.63, 3.8) is 0 Å². The molecule has 1 N–H and O–H groups in total. The molecule has 1 rings (SSSR count). The first-order valence-corrected chi connectivity index (χ1v) is 4.25. The molecule has 5 heteroatoms. The molecule has 1 atom stereocenters. The molecule has 82 valence electrons. The smallest absolute Gasteiger partial charge is 0.308 e. The summed E-state index contributed by atoms with van der Waals surface area (Å²) < 4.78 is 30.5. The maximum Gasteiger partial charge on any atom is 0.308 e. The average Bonchev–Trinajstić information content (AvgIpc) is 2.17. The summed E-state index contributed by atoms with van der Waals surface area (Å²) in [5.41, 5.74) is -0.511. The number of hydrogen-bond acceptors (Lipinski definition) is 3. The largest absolute Gasteiger partial charge is 0.469 e. The van der Waals surface area contributed by atoms with Crippen molar-refractivity contribution in [1.82, 2.24) is 0 Å². The van der Waals surface area contributed by atoms with Gasteiger partial charge in [-0.3, -0.25) is 4.79 Å². The fourth-order valence-electron chi connectivity index (χ4n) is 1.17. The molecule has 0 fully saturated rings. The highest BCUT2D eigenvalue weighted by molar-refractivity contribution is 5.70. The number of hydrogen-bond donors (Lipinski definition) is 1. The van der Waals surface area contributed by atoms with Crippen LogP contribution in [0.2, 0.25) is 0 Å². The normalized spacial score (nSPS) is 12.3. The van der Waals surface area contributed by atoms with Gasteiger partial charge in [0.25, 0.3) is 0 Å². The predicted octanol–water partition coefficient (Wildman–Crippen LogP) is 1.56. The minimum absolute atomic E-state index is 0.478. The van der Waals surface area contributed by atoms with Crippen LogP contribution in [-0.2, 0) is 9.53 Å². The minimum Gasteiger partial charge on any atom is -0.469 e. The molecular formula is C10H10F2O3. The molecular weight excluding hydrogens is 206 g/mol. The summed E-state index contributed by atoms with van der Waals surface area (Å²) in [6, 6.07) is 3.21. The molecule has 0 amide bonds. The number of rotatable bonds is 3. The number of halogens is 2. The van der Waals surface area contributed by atoms with Gasteiger partial charge < -0.3 is 9.84 Å². The molecule has 0 radical (unpaired) electrons. The highest BCUT2D eigenvalue weighted by Crippen LogP contribution is 2.23. The second-order valence-electron chi connectivity index (χ2n) is 2.93. The van der Waals surface area contributed by atoms with Crippen molar-refractivity contribution >= 4 is 5.97 Å². The van der Waals surface area contributed by atoms with Gasteiger partial charge in [0.05, 0.1) is 25.2 Å². The van der Waals surface area contributed by atoms with E-state index in [0.29, 0.717) is 0 Å². The highest BCUT2D eigenvalue weighted by atomic mass is 19.1. The van der Waals surface area contributed by atoms with Crippen LogP contribution in [0.1, 0.15) is 18.1 Å². The van der Waals surface area contributed by atoms with Crippen LogP contribution < -0.4 is 0 Å². The molecule has 0 saturated carbocycles. The Morgan fingerprint density at radius 3 is 2.47 bits per heavy atom. The Hall–Kier alpha value is -1.49. The quantitative estimate of drug-likeness (QED) is 0.780. The maximum atomic E-state index is 13.1. The topological polar surface area (TPSA) is 46.5 Å². The molecule has 3 nitrogen and oxygen atoms in total. The van der Waals surface area contributed by atoms with Gasteiger partial charge in [-0.25, -0.2) is 8.78 Å². The van der Waals surface area contributed by atoms with E-state index in [4.69, 9.17) is 0 Å². The molecule has 0 bridgehead atoms. The van der Waals surface area contributed by atoms with E-state index in [-0.39, 0.29) is 0 Å². The lowest BCUT2D eigenvalue weighted by atomic mass is 10.1. The molecule has 0 aliphatic carbocycles. The van der Waals surface area contributed by atoms with E-state index >= 15 is 0 Å². The maximum absolute atomic E-state index is 13.1. The summed E-state index contributed by atoms with van der Waals surface area (Å²) in [6.45, 7) is 0. The summed E-state index contributed by atoms with van der Waals surface area (Å²) in [4.78, 5) is 10.8. The Balaban J connectivity index is 2.90. The summed E-state index contributed by atoms with van der Waals surface area (Å²) in [6.07, 6.45) is -2.01. The van der Waals surface area contributed by atoms with Gasteiger partial charge in [-0.05, 0) is 12.1 Å². The van der Waals surface area contributed by atoms with Crippen molar-refractivity contribution in [2.24, 2.45) is 0 Å². The zero-order valence-corrected chi connectivity index (χ0v) is 8.04. The number of ether oxygens (including phenoxy) is 1. The van der Waals surface area contributed by atoms with Gasteiger partial charge in [0.2, 0.25) is 0 Å². The Labute approximate surface area is 85.3 Å². The molecule has 15 heavy (non-hydrogen) atoms. The Bertz CT molecular complexity index is 345. The average molecular weight is 216 g/mol. The van der Waals surface area contributed by atoms with E-state index in [2.05, 4.69) is 4.74 Å². The van der Waals surface area contributed by atoms with E-state index in [1.807, 2.05) is 0 Å². The lowest BCUT2D eigenvalue weighted by molar-refractivity contribution is -0.142. The number of methoxy groups -OCH3 is 1. The van der Waals surface area contributed by atoms with Gasteiger partial charge in [0, 0.05) is 0 Å². The van der Waals surface area contributed by atoms with Crippen LogP contribution in [0.5, 0.6) is 0 Å². The van der Waals surface area contributed by atoms with E-state index < -0.39 is 35.7 Å². The molecule has 0 aliphatic heterocycles. The Morgan fingerprint density at radius 1 is 1.47 bits per heavy atom. The van der Waals surface area contributed by atoms with Crippen molar-refractivity contribution < 1.29 is 23.4 Å². The van der Waals surface area contributed by atoms with Crippen LogP contribution in [-0.4, -0.2) is 18.2 Å². The zero-order chi connectivity index (χ0) is 11.4. The number of esters is 1. The molecule has 0 aromatic heterocycles. The molecule has 0 unspecified atom stereocenters. The van der Waals surface area contributed by atoms with Crippen molar-refractivity contribution in [2.45, 2.75) is 12.5 Å². The van der Waals surface area contributed by atoms with E-state index in [0.717, 1.165) is 19.2 Å². The van der Waals surface area contributed by atoms with Crippen molar-refractivity contribution in [3.8, 4) is 0 Å². The molecule has 1 aromatic rings. The third-order valence-corrected chi connectivity index (χ3v) is 1.92. The first-order valence-electron chi connectivity index (χ1n) is 4.25. The fraction of sp³-hybridized carbons (Fsp3) is 0.300. The SMILES string of the molecule is COC(=O)C[C@H](O)c1c(F)cccc1F. The monoisotopic (exact) mass is 216 g/mol. The van der Waals surface area contributed by atoms with Crippen LogP contribution in [0.4, 0.5) is 8.78 Å². The van der Waals surface area contributed by atoms with Gasteiger partial charge >= 0.3 is 5.97 Å². The molecule has 0 spiro atoms. The lowest BCUT2D eigenvalue weighted by Crippen LogP contribution is -2.11. The van der Waals surface area contributed by atoms with Gasteiger partial charge in [0.15, 0.2) is 0 Å². The van der Waals surface area contributed by atoms with Gasteiger partial charge in [0.1, 0.15) is 11.6 Å². The van der Waals surface area contributed by atoms with Gasteiger partial charge in [-0.2, -0.15) is 0 Å². The number of aliphatic hydroxyl groups excluding tert-OH is 1. The Kier molecular flexibility index (Phi) is 3.74. The number of carbonyl (C=O) groups excluding carboxylic acids is 1. The second kappa shape index (κ2) is 4.84. The molecule has 0 saturated heterocycles. The third-order valence-electron chi connectivity index (χ3n) is 1.92. The van der Waals surface area contributed by atoms with Crippen molar-refractivity contribution in [2.75, 3.05) is 7.11 Å². The molecule has 0 aliphatic rings. The van der Waals surface area contributed by atoms with E-state index in [1.54, 1.807) is 0 Å². The van der Waals surface area contributed by atoms with Crippen LogP contribution in [0.15, 0.2) is 18.2 Å². The molecule has 0 heterocycles. The third kappa shape index (κ3) is 2.73. The van der Waals surface area contributed by atoms with Crippen molar-refractivity contribution in [3.05, 3.63) is 35.4 Å². The van der Waals surface area contributed by atoms with E-state index in [1.165, 1.54) is 6.07 Å². The van der Waals surface area contributed by atoms with Gasteiger partial charge in [-0.1, -0.05) is 6.07 Å². The van der Waals surface area contributed by atoms with Crippen molar-refractivity contribution in [1.29, 1.82) is 0 Å². The second-order valence-corrected chi connectivity index (χ2v) is 2.93. The first kappa shape index (κ1) is 11.6. The lowest BCUT2D eigenvalue weighted by Gasteiger charge is -2.11. The zero-order valence-electron chi connectivity index (χ0n) is 8.04. The highest BCUT2D eigenvalue weighted by Gasteiger charge is 2.20. The summed E-state index contributed by atoms with van der Waals surface area (Å²) in [5, 5.41) is 9.40. The summed E-state index contributed by atoms with van der Waals surface area (Å²) in [5.74, 6) is -2.50. The first-order chi connectivity index (χ1) is 7.06. The number of benzene rings is 1. The van der Waals surface area contributed by atoms with Crippen LogP contribution in [0, 0.1) is 11.6 Å². The van der Waals surface area contributed by atoms with Gasteiger partial charge in [-0.15, -0.1) is 0 Å². The predicted molar refractivity (Wildman–Crippen MR) is 48.0 cm³/mol. The number of aliphatic hydroxyl groups is 1. The van der Waals surface area contributed by atoms with Crippen LogP contribution in [0.3, 0.4) is 0 Å². The Morgan fingerprint density at radius 2 is 2.00 bits per heavy atom.